The van der Waals surface area contributed by atoms with Crippen molar-refractivity contribution in [2.24, 2.45) is 0 Å². The van der Waals surface area contributed by atoms with Gasteiger partial charge in [-0.3, -0.25) is 4.79 Å². The maximum absolute atomic E-state index is 14.2. The number of nitrogens with zero attached hydrogens (tertiary/aromatic N) is 4. The lowest BCUT2D eigenvalue weighted by atomic mass is 10.1. The molecule has 2 aromatic carbocycles. The van der Waals surface area contributed by atoms with Crippen LogP contribution in [0, 0.1) is 17.1 Å². The molecule has 0 bridgehead atoms. The van der Waals surface area contributed by atoms with Crippen LogP contribution in [-0.4, -0.2) is 41.9 Å². The molecule has 6 nitrogen and oxygen atoms in total. The molecule has 2 heterocycles. The Hall–Kier alpha value is -3.50. The van der Waals surface area contributed by atoms with Gasteiger partial charge in [-0.25, -0.2) is 9.07 Å². The molecule has 1 saturated heterocycles. The largest absolute Gasteiger partial charge is 0.381 e. The number of aromatic nitrogens is 2. The molecule has 0 radical (unpaired) electrons. The Morgan fingerprint density at radius 1 is 1.12 bits per heavy atom. The number of halogens is 1. The predicted molar refractivity (Wildman–Crippen MR) is 132 cm³/mol. The lowest BCUT2D eigenvalue weighted by molar-refractivity contribution is 0.0819. The first-order chi connectivity index (χ1) is 16.4. The number of hydrogen-bond acceptors (Lipinski definition) is 5. The summed E-state index contributed by atoms with van der Waals surface area (Å²) >= 11 is 0. The van der Waals surface area contributed by atoms with Gasteiger partial charge < -0.3 is 9.64 Å². The van der Waals surface area contributed by atoms with E-state index in [2.05, 4.69) is 23.8 Å². The molecule has 1 aliphatic heterocycles. The molecule has 0 saturated carbocycles. The van der Waals surface area contributed by atoms with Gasteiger partial charge in [0.15, 0.2) is 5.78 Å². The average Bonchev–Trinajstić information content (AvgIpc) is 3.31. The third-order valence-electron chi connectivity index (χ3n) is 5.69. The predicted octanol–water partition coefficient (Wildman–Crippen LogP) is 5.78. The van der Waals surface area contributed by atoms with E-state index in [4.69, 9.17) is 10.00 Å². The van der Waals surface area contributed by atoms with Gasteiger partial charge in [-0.1, -0.05) is 26.3 Å². The van der Waals surface area contributed by atoms with Gasteiger partial charge in [0.2, 0.25) is 0 Å². The summed E-state index contributed by atoms with van der Waals surface area (Å²) in [4.78, 5) is 14.3. The zero-order valence-electron chi connectivity index (χ0n) is 20.2. The molecule has 3 aromatic rings. The highest BCUT2D eigenvalue weighted by Gasteiger charge is 2.20. The van der Waals surface area contributed by atoms with Crippen LogP contribution >= 0.6 is 0 Å². The fourth-order valence-corrected chi connectivity index (χ4v) is 3.88. The van der Waals surface area contributed by atoms with E-state index >= 15 is 0 Å². The van der Waals surface area contributed by atoms with Gasteiger partial charge in [0.25, 0.3) is 0 Å². The van der Waals surface area contributed by atoms with E-state index in [9.17, 15) is 9.18 Å². The average molecular weight is 463 g/mol. The van der Waals surface area contributed by atoms with Gasteiger partial charge in [0.05, 0.1) is 23.0 Å². The van der Waals surface area contributed by atoms with Crippen LogP contribution < -0.4 is 4.90 Å². The van der Waals surface area contributed by atoms with Gasteiger partial charge >= 0.3 is 0 Å². The summed E-state index contributed by atoms with van der Waals surface area (Å²) in [6, 6.07) is 15.8. The normalized spacial score (nSPS) is 13.7. The summed E-state index contributed by atoms with van der Waals surface area (Å²) in [7, 11) is 1.76. The van der Waals surface area contributed by atoms with Gasteiger partial charge in [0, 0.05) is 38.4 Å². The second kappa shape index (κ2) is 11.6. The van der Waals surface area contributed by atoms with Crippen molar-refractivity contribution in [3.05, 3.63) is 65.6 Å². The van der Waals surface area contributed by atoms with Crippen LogP contribution in [-0.2, 0) is 4.74 Å². The van der Waals surface area contributed by atoms with Crippen molar-refractivity contribution in [2.45, 2.75) is 46.1 Å². The number of piperidine rings is 1. The van der Waals surface area contributed by atoms with Crippen molar-refractivity contribution in [1.82, 2.24) is 9.78 Å². The van der Waals surface area contributed by atoms with E-state index in [0.29, 0.717) is 23.1 Å². The number of Topliss-reactive ketones (excluding diaryl/α,β-unsaturated/α-hetero) is 1. The summed E-state index contributed by atoms with van der Waals surface area (Å²) in [6.07, 6.45) is 3.56. The highest BCUT2D eigenvalue weighted by atomic mass is 19.1. The number of methoxy groups -OCH3 is 1. The summed E-state index contributed by atoms with van der Waals surface area (Å²) in [6.45, 7) is 7.57. The van der Waals surface area contributed by atoms with E-state index in [1.165, 1.54) is 25.5 Å². The van der Waals surface area contributed by atoms with Crippen molar-refractivity contribution in [3.8, 4) is 23.0 Å². The molecule has 178 valence electrons. The zero-order chi connectivity index (χ0) is 24.7. The summed E-state index contributed by atoms with van der Waals surface area (Å²) in [5.74, 6) is -0.779. The molecule has 0 amide bonds. The van der Waals surface area contributed by atoms with Crippen LogP contribution in [0.5, 0.6) is 0 Å². The minimum absolute atomic E-state index is 0.0248. The molecule has 1 aromatic heterocycles. The van der Waals surface area contributed by atoms with Crippen molar-refractivity contribution in [1.29, 1.82) is 5.26 Å². The second-order valence-corrected chi connectivity index (χ2v) is 8.33. The van der Waals surface area contributed by atoms with E-state index in [1.807, 2.05) is 30.3 Å². The quantitative estimate of drug-likeness (QED) is 0.449. The van der Waals surface area contributed by atoms with E-state index < -0.39 is 5.82 Å². The molecule has 34 heavy (non-hydrogen) atoms. The van der Waals surface area contributed by atoms with Crippen molar-refractivity contribution in [2.75, 3.05) is 25.1 Å². The third kappa shape index (κ3) is 5.70. The topological polar surface area (TPSA) is 71.2 Å². The molecular formula is C27H31FN4O2. The molecular weight excluding hydrogens is 431 g/mol. The first kappa shape index (κ1) is 25.1. The van der Waals surface area contributed by atoms with Crippen molar-refractivity contribution in [3.63, 3.8) is 0 Å². The van der Waals surface area contributed by atoms with Crippen LogP contribution in [0.1, 0.15) is 56.1 Å². The van der Waals surface area contributed by atoms with Gasteiger partial charge in [-0.15, -0.1) is 0 Å². The highest BCUT2D eigenvalue weighted by molar-refractivity contribution is 5.93. The maximum Gasteiger partial charge on any atom is 0.180 e. The molecule has 0 N–H and O–H groups in total. The van der Waals surface area contributed by atoms with Crippen LogP contribution in [0.15, 0.2) is 48.5 Å². The van der Waals surface area contributed by atoms with Crippen LogP contribution in [0.3, 0.4) is 0 Å². The lowest BCUT2D eigenvalue weighted by Crippen LogP contribution is -2.36. The first-order valence-electron chi connectivity index (χ1n) is 11.6. The minimum atomic E-state index is -0.605. The molecule has 0 aliphatic carbocycles. The van der Waals surface area contributed by atoms with E-state index in [1.54, 1.807) is 23.9 Å². The van der Waals surface area contributed by atoms with Gasteiger partial charge in [-0.05, 0) is 55.3 Å². The van der Waals surface area contributed by atoms with Crippen LogP contribution in [0.4, 0.5) is 10.1 Å². The summed E-state index contributed by atoms with van der Waals surface area (Å²) < 4.78 is 21.3. The number of benzene rings is 2. The van der Waals surface area contributed by atoms with E-state index in [0.717, 1.165) is 37.3 Å². The molecule has 0 unspecified atom stereocenters. The molecule has 1 fully saturated rings. The van der Waals surface area contributed by atoms with Gasteiger partial charge in [0.1, 0.15) is 17.6 Å². The highest BCUT2D eigenvalue weighted by Crippen LogP contribution is 2.28. The Kier molecular flexibility index (Phi) is 8.55. The second-order valence-electron chi connectivity index (χ2n) is 8.33. The summed E-state index contributed by atoms with van der Waals surface area (Å²) in [5, 5.41) is 13.4. The Bertz CT molecular complexity index is 1160. The van der Waals surface area contributed by atoms with Crippen LogP contribution in [0.25, 0.3) is 16.9 Å². The Labute approximate surface area is 200 Å². The van der Waals surface area contributed by atoms with Crippen molar-refractivity contribution < 1.29 is 13.9 Å². The van der Waals surface area contributed by atoms with E-state index in [-0.39, 0.29) is 11.3 Å². The number of ether oxygens (including phenoxy) is 1. The lowest BCUT2D eigenvalue weighted by Gasteiger charge is -2.33. The molecule has 0 spiro atoms. The number of nitriles is 1. The first-order valence-corrected chi connectivity index (χ1v) is 11.6. The molecule has 0 atom stereocenters. The summed E-state index contributed by atoms with van der Waals surface area (Å²) in [5.41, 5.74) is 3.28. The molecule has 1 aliphatic rings. The number of ketones is 1. The SMILES string of the molecule is CCC.COC1CCN(c2ccc(-n3nc(C(C)=O)cc3-c3ccc(C#N)c(F)c3)cc2)CC1. The number of anilines is 1. The zero-order valence-corrected chi connectivity index (χ0v) is 20.2. The molecule has 4 rings (SSSR count). The van der Waals surface area contributed by atoms with Gasteiger partial charge in [-0.2, -0.15) is 10.4 Å². The number of hydrogen-bond donors (Lipinski definition) is 0. The fourth-order valence-electron chi connectivity index (χ4n) is 3.88. The number of rotatable bonds is 5. The molecule has 7 heteroatoms. The number of carbonyl (C=O) groups is 1. The third-order valence-corrected chi connectivity index (χ3v) is 5.69. The monoisotopic (exact) mass is 462 g/mol. The maximum atomic E-state index is 14.2. The minimum Gasteiger partial charge on any atom is -0.381 e. The Morgan fingerprint density at radius 3 is 2.26 bits per heavy atom. The Balaban J connectivity index is 0.00000103. The Morgan fingerprint density at radius 2 is 1.74 bits per heavy atom. The smallest absolute Gasteiger partial charge is 0.180 e. The number of carbonyl (C=O) groups excluding carboxylic acids is 1. The fraction of sp³-hybridized carbons (Fsp3) is 0.370. The van der Waals surface area contributed by atoms with Crippen molar-refractivity contribution >= 4 is 11.5 Å². The standard InChI is InChI=1S/C24H23FN4O2.C3H8/c1-16(30)23-14-24(17-3-4-18(15-26)22(25)13-17)29(27-23)20-7-5-19(6-8-20)28-11-9-21(31-2)10-12-28;1-3-2/h3-8,13-14,21H,9-12H2,1-2H3;3H2,1-2H3. The van der Waals surface area contributed by atoms with Crippen LogP contribution in [0.2, 0.25) is 0 Å².